The van der Waals surface area contributed by atoms with Gasteiger partial charge in [0.25, 0.3) is 0 Å². The lowest BCUT2D eigenvalue weighted by Crippen LogP contribution is -1.95. The van der Waals surface area contributed by atoms with Crippen LogP contribution >= 0.6 is 0 Å². The van der Waals surface area contributed by atoms with E-state index in [-0.39, 0.29) is 0 Å². The van der Waals surface area contributed by atoms with Gasteiger partial charge in [0, 0.05) is 33.8 Å². The molecule has 0 N–H and O–H groups in total. The minimum absolute atomic E-state index is 0.601. The van der Waals surface area contributed by atoms with Crippen molar-refractivity contribution in [3.8, 4) is 50.7 Å². The Balaban J connectivity index is 1.31. The van der Waals surface area contributed by atoms with Gasteiger partial charge < -0.3 is 8.98 Å². The first-order valence-electron chi connectivity index (χ1n) is 15.4. The van der Waals surface area contributed by atoms with E-state index in [2.05, 4.69) is 119 Å². The van der Waals surface area contributed by atoms with Gasteiger partial charge in [0.1, 0.15) is 5.52 Å². The van der Waals surface area contributed by atoms with Crippen LogP contribution in [0.25, 0.3) is 83.6 Å². The molecule has 0 fully saturated rings. The molecule has 216 valence electrons. The molecule has 6 aromatic carbocycles. The largest absolute Gasteiger partial charge is 0.436 e. The molecule has 9 aromatic rings. The quantitative estimate of drug-likeness (QED) is 0.201. The van der Waals surface area contributed by atoms with Gasteiger partial charge >= 0.3 is 0 Å². The molecule has 0 bridgehead atoms. The summed E-state index contributed by atoms with van der Waals surface area (Å²) in [7, 11) is 0. The minimum atomic E-state index is 0.601. The van der Waals surface area contributed by atoms with Crippen molar-refractivity contribution in [1.29, 1.82) is 0 Å². The SMILES string of the molecule is c1ccc(-c2ccc(-c3cc4c5ccccc5n(-c5cccc(-c6ccccn6)c5)c4cc3-c3nc4ccccc4o3)cc2)cc1. The lowest BCUT2D eigenvalue weighted by Gasteiger charge is -2.13. The van der Waals surface area contributed by atoms with Crippen LogP contribution in [0.3, 0.4) is 0 Å². The predicted molar refractivity (Wildman–Crippen MR) is 188 cm³/mol. The van der Waals surface area contributed by atoms with Crippen LogP contribution in [0, 0.1) is 0 Å². The van der Waals surface area contributed by atoms with Crippen molar-refractivity contribution in [3.05, 3.63) is 164 Å². The molecule has 4 nitrogen and oxygen atoms in total. The highest BCUT2D eigenvalue weighted by Crippen LogP contribution is 2.42. The summed E-state index contributed by atoms with van der Waals surface area (Å²) < 4.78 is 8.77. The summed E-state index contributed by atoms with van der Waals surface area (Å²) in [5, 5.41) is 2.35. The van der Waals surface area contributed by atoms with Crippen LogP contribution in [-0.4, -0.2) is 14.5 Å². The fourth-order valence-electron chi connectivity index (χ4n) is 6.51. The first-order valence-corrected chi connectivity index (χ1v) is 15.4. The van der Waals surface area contributed by atoms with Crippen molar-refractivity contribution in [2.75, 3.05) is 0 Å². The molecule has 3 aromatic heterocycles. The smallest absolute Gasteiger partial charge is 0.228 e. The summed E-state index contributed by atoms with van der Waals surface area (Å²) >= 11 is 0. The zero-order valence-corrected chi connectivity index (χ0v) is 24.8. The Bertz CT molecular complexity index is 2480. The van der Waals surface area contributed by atoms with Crippen LogP contribution in [-0.2, 0) is 0 Å². The van der Waals surface area contributed by atoms with E-state index in [1.165, 1.54) is 21.9 Å². The maximum Gasteiger partial charge on any atom is 0.228 e. The van der Waals surface area contributed by atoms with Gasteiger partial charge in [-0.3, -0.25) is 4.98 Å². The Morgan fingerprint density at radius 2 is 1.22 bits per heavy atom. The monoisotopic (exact) mass is 589 g/mol. The number of fused-ring (bicyclic) bond motifs is 4. The fraction of sp³-hybridized carbons (Fsp3) is 0. The van der Waals surface area contributed by atoms with Crippen molar-refractivity contribution in [2.45, 2.75) is 0 Å². The number of pyridine rings is 1. The number of oxazole rings is 1. The number of hydrogen-bond acceptors (Lipinski definition) is 3. The molecule has 0 unspecified atom stereocenters. The van der Waals surface area contributed by atoms with Crippen molar-refractivity contribution in [1.82, 2.24) is 14.5 Å². The Labute approximate surface area is 265 Å². The molecule has 46 heavy (non-hydrogen) atoms. The van der Waals surface area contributed by atoms with Crippen LogP contribution < -0.4 is 0 Å². The van der Waals surface area contributed by atoms with Crippen molar-refractivity contribution in [3.63, 3.8) is 0 Å². The van der Waals surface area contributed by atoms with E-state index >= 15 is 0 Å². The van der Waals surface area contributed by atoms with Gasteiger partial charge in [-0.25, -0.2) is 4.98 Å². The molecular formula is C42H27N3O. The zero-order valence-electron chi connectivity index (χ0n) is 24.8. The second kappa shape index (κ2) is 10.7. The van der Waals surface area contributed by atoms with E-state index in [0.717, 1.165) is 55.8 Å². The van der Waals surface area contributed by atoms with Crippen LogP contribution in [0.4, 0.5) is 0 Å². The van der Waals surface area contributed by atoms with Gasteiger partial charge in [-0.1, -0.05) is 103 Å². The maximum atomic E-state index is 6.43. The predicted octanol–water partition coefficient (Wildman–Crippen LogP) is 11.0. The average Bonchev–Trinajstić information content (AvgIpc) is 3.71. The van der Waals surface area contributed by atoms with Gasteiger partial charge in [0.05, 0.1) is 16.7 Å². The molecular weight excluding hydrogens is 562 g/mol. The molecule has 0 aliphatic heterocycles. The molecule has 0 amide bonds. The third-order valence-corrected chi connectivity index (χ3v) is 8.70. The van der Waals surface area contributed by atoms with E-state index in [0.29, 0.717) is 5.89 Å². The van der Waals surface area contributed by atoms with Crippen molar-refractivity contribution < 1.29 is 4.42 Å². The molecule has 9 rings (SSSR count). The summed E-state index contributed by atoms with van der Waals surface area (Å²) in [4.78, 5) is 9.58. The van der Waals surface area contributed by atoms with E-state index in [9.17, 15) is 0 Å². The molecule has 0 saturated heterocycles. The number of hydrogen-bond donors (Lipinski definition) is 0. The van der Waals surface area contributed by atoms with E-state index in [4.69, 9.17) is 9.40 Å². The Morgan fingerprint density at radius 1 is 0.478 bits per heavy atom. The second-order valence-electron chi connectivity index (χ2n) is 11.5. The van der Waals surface area contributed by atoms with Crippen molar-refractivity contribution >= 4 is 32.9 Å². The summed E-state index contributed by atoms with van der Waals surface area (Å²) in [5.41, 5.74) is 12.4. The Kier molecular flexibility index (Phi) is 6.10. The summed E-state index contributed by atoms with van der Waals surface area (Å²) in [6.07, 6.45) is 1.84. The highest BCUT2D eigenvalue weighted by Gasteiger charge is 2.20. The van der Waals surface area contributed by atoms with E-state index in [1.807, 2.05) is 54.7 Å². The standard InChI is InChI=1S/C42H27N3O/c1-2-11-28(12-3-1)29-20-22-30(23-21-29)34-26-35-33-15-4-6-18-39(33)45(32-14-10-13-31(25-32)37-16-8-9-24-43-37)40(35)27-36(34)42-44-38-17-5-7-19-41(38)46-42/h1-27H. The number of nitrogens with zero attached hydrogens (tertiary/aromatic N) is 3. The Hall–Kier alpha value is -6.26. The Morgan fingerprint density at radius 3 is 2.07 bits per heavy atom. The summed E-state index contributed by atoms with van der Waals surface area (Å²) in [5.74, 6) is 0.601. The van der Waals surface area contributed by atoms with E-state index < -0.39 is 0 Å². The van der Waals surface area contributed by atoms with Gasteiger partial charge in [0.2, 0.25) is 5.89 Å². The third kappa shape index (κ3) is 4.39. The van der Waals surface area contributed by atoms with Crippen LogP contribution in [0.2, 0.25) is 0 Å². The third-order valence-electron chi connectivity index (χ3n) is 8.70. The zero-order chi connectivity index (χ0) is 30.5. The van der Waals surface area contributed by atoms with Crippen LogP contribution in [0.1, 0.15) is 0 Å². The van der Waals surface area contributed by atoms with Crippen LogP contribution in [0.5, 0.6) is 0 Å². The maximum absolute atomic E-state index is 6.43. The molecule has 0 aliphatic carbocycles. The minimum Gasteiger partial charge on any atom is -0.436 e. The number of para-hydroxylation sites is 3. The highest BCUT2D eigenvalue weighted by molar-refractivity contribution is 6.12. The molecule has 0 spiro atoms. The van der Waals surface area contributed by atoms with Gasteiger partial charge in [-0.05, 0) is 76.9 Å². The molecule has 3 heterocycles. The average molecular weight is 590 g/mol. The summed E-state index contributed by atoms with van der Waals surface area (Å²) in [6, 6.07) is 55.0. The van der Waals surface area contributed by atoms with E-state index in [1.54, 1.807) is 0 Å². The normalized spacial score (nSPS) is 11.5. The lowest BCUT2D eigenvalue weighted by atomic mass is 9.95. The van der Waals surface area contributed by atoms with Gasteiger partial charge in [0.15, 0.2) is 5.58 Å². The number of rotatable bonds is 5. The first kappa shape index (κ1) is 26.2. The number of benzene rings is 6. The number of aromatic nitrogens is 3. The molecule has 0 aliphatic rings. The van der Waals surface area contributed by atoms with Crippen LogP contribution in [0.15, 0.2) is 168 Å². The lowest BCUT2D eigenvalue weighted by molar-refractivity contribution is 0.620. The van der Waals surface area contributed by atoms with Gasteiger partial charge in [-0.15, -0.1) is 0 Å². The molecule has 4 heteroatoms. The fourth-order valence-corrected chi connectivity index (χ4v) is 6.51. The molecule has 0 radical (unpaired) electrons. The first-order chi connectivity index (χ1) is 22.8. The molecule has 0 saturated carbocycles. The summed E-state index contributed by atoms with van der Waals surface area (Å²) in [6.45, 7) is 0. The topological polar surface area (TPSA) is 43.9 Å². The molecule has 0 atom stereocenters. The van der Waals surface area contributed by atoms with Crippen molar-refractivity contribution in [2.24, 2.45) is 0 Å². The van der Waals surface area contributed by atoms with Gasteiger partial charge in [-0.2, -0.15) is 0 Å². The second-order valence-corrected chi connectivity index (χ2v) is 11.5. The highest BCUT2D eigenvalue weighted by atomic mass is 16.3.